The number of halogens is 1. The number of fused-ring (bicyclic) bond motifs is 1. The molecular formula is C24H21ClN2O4. The number of hydrogen-bond acceptors (Lipinski definition) is 5. The third kappa shape index (κ3) is 3.82. The molecule has 0 saturated heterocycles. The molecule has 7 heteroatoms. The van der Waals surface area contributed by atoms with E-state index in [0.29, 0.717) is 28.4 Å². The minimum Gasteiger partial charge on any atom is -0.465 e. The minimum absolute atomic E-state index is 0.0843. The SMILES string of the molecule is COC(=O)C1=C(N)Oc2cc(C)n(Cc3ccccc3)c(=O)c2C1c1ccc(Cl)cc1. The van der Waals surface area contributed by atoms with Crippen molar-refractivity contribution in [3.63, 3.8) is 0 Å². The highest BCUT2D eigenvalue weighted by Crippen LogP contribution is 2.41. The molecule has 2 N–H and O–H groups in total. The average Bonchev–Trinajstić information content (AvgIpc) is 2.76. The summed E-state index contributed by atoms with van der Waals surface area (Å²) in [4.78, 5) is 26.3. The van der Waals surface area contributed by atoms with Crippen molar-refractivity contribution in [1.82, 2.24) is 4.57 Å². The Morgan fingerprint density at radius 1 is 1.16 bits per heavy atom. The number of nitrogens with zero attached hydrogens (tertiary/aromatic N) is 1. The van der Waals surface area contributed by atoms with Gasteiger partial charge in [0.2, 0.25) is 5.88 Å². The number of aromatic nitrogens is 1. The van der Waals surface area contributed by atoms with Crippen LogP contribution in [0, 0.1) is 6.92 Å². The van der Waals surface area contributed by atoms with Crippen LogP contribution in [0.1, 0.15) is 28.3 Å². The maximum Gasteiger partial charge on any atom is 0.340 e. The Balaban J connectivity index is 1.94. The molecule has 2 heterocycles. The van der Waals surface area contributed by atoms with Crippen LogP contribution in [0.15, 0.2) is 76.9 Å². The first-order chi connectivity index (χ1) is 14.9. The second-order valence-corrected chi connectivity index (χ2v) is 7.73. The van der Waals surface area contributed by atoms with Crippen molar-refractivity contribution >= 4 is 17.6 Å². The maximum atomic E-state index is 13.7. The molecule has 1 aliphatic rings. The van der Waals surface area contributed by atoms with Crippen molar-refractivity contribution in [2.24, 2.45) is 5.73 Å². The quantitative estimate of drug-likeness (QED) is 0.630. The molecule has 1 aliphatic heterocycles. The van der Waals surface area contributed by atoms with E-state index in [0.717, 1.165) is 11.3 Å². The van der Waals surface area contributed by atoms with Crippen LogP contribution >= 0.6 is 11.6 Å². The van der Waals surface area contributed by atoms with Crippen LogP contribution in [0.2, 0.25) is 5.02 Å². The molecule has 0 spiro atoms. The summed E-state index contributed by atoms with van der Waals surface area (Å²) in [6.07, 6.45) is 0. The van der Waals surface area contributed by atoms with Crippen LogP contribution in [-0.4, -0.2) is 17.6 Å². The number of nitrogens with two attached hydrogens (primary N) is 1. The van der Waals surface area contributed by atoms with E-state index in [1.54, 1.807) is 34.9 Å². The molecule has 31 heavy (non-hydrogen) atoms. The van der Waals surface area contributed by atoms with Gasteiger partial charge in [0.15, 0.2) is 0 Å². The zero-order chi connectivity index (χ0) is 22.1. The third-order valence-electron chi connectivity index (χ3n) is 5.36. The van der Waals surface area contributed by atoms with Crippen molar-refractivity contribution in [2.75, 3.05) is 7.11 Å². The van der Waals surface area contributed by atoms with E-state index < -0.39 is 11.9 Å². The molecule has 0 amide bonds. The molecule has 4 rings (SSSR count). The molecular weight excluding hydrogens is 416 g/mol. The highest BCUT2D eigenvalue weighted by atomic mass is 35.5. The molecule has 6 nitrogen and oxygen atoms in total. The number of ether oxygens (including phenoxy) is 2. The summed E-state index contributed by atoms with van der Waals surface area (Å²) < 4.78 is 12.3. The van der Waals surface area contributed by atoms with Crippen molar-refractivity contribution in [1.29, 1.82) is 0 Å². The molecule has 1 atom stereocenters. The van der Waals surface area contributed by atoms with E-state index in [1.807, 2.05) is 37.3 Å². The number of carbonyl (C=O) groups excluding carboxylic acids is 1. The van der Waals surface area contributed by atoms with E-state index in [4.69, 9.17) is 26.8 Å². The molecule has 0 saturated carbocycles. The monoisotopic (exact) mass is 436 g/mol. The van der Waals surface area contributed by atoms with E-state index in [2.05, 4.69) is 0 Å². The number of carbonyl (C=O) groups is 1. The Bertz CT molecular complexity index is 1230. The van der Waals surface area contributed by atoms with Crippen molar-refractivity contribution in [3.8, 4) is 5.75 Å². The lowest BCUT2D eigenvalue weighted by Gasteiger charge is -2.29. The zero-order valence-electron chi connectivity index (χ0n) is 17.1. The first-order valence-electron chi connectivity index (χ1n) is 9.70. The summed E-state index contributed by atoms with van der Waals surface area (Å²) >= 11 is 6.05. The largest absolute Gasteiger partial charge is 0.465 e. The molecule has 2 aromatic carbocycles. The lowest BCUT2D eigenvalue weighted by molar-refractivity contribution is -0.136. The van der Waals surface area contributed by atoms with E-state index >= 15 is 0 Å². The lowest BCUT2D eigenvalue weighted by Crippen LogP contribution is -2.35. The van der Waals surface area contributed by atoms with Gasteiger partial charge in [0.25, 0.3) is 5.56 Å². The van der Waals surface area contributed by atoms with E-state index in [-0.39, 0.29) is 17.0 Å². The maximum absolute atomic E-state index is 13.7. The Kier molecular flexibility index (Phi) is 5.57. The Labute approximate surface area is 184 Å². The fourth-order valence-electron chi connectivity index (χ4n) is 3.85. The molecule has 1 unspecified atom stereocenters. The predicted molar refractivity (Wildman–Crippen MR) is 118 cm³/mol. The first-order valence-corrected chi connectivity index (χ1v) is 10.1. The molecule has 1 aromatic heterocycles. The second kappa shape index (κ2) is 8.32. The fraction of sp³-hybridized carbons (Fsp3) is 0.167. The normalized spacial score (nSPS) is 15.3. The summed E-state index contributed by atoms with van der Waals surface area (Å²) in [5.74, 6) is -1.16. The van der Waals surface area contributed by atoms with Gasteiger partial charge in [-0.15, -0.1) is 0 Å². The summed E-state index contributed by atoms with van der Waals surface area (Å²) in [6.45, 7) is 2.22. The standard InChI is InChI=1S/C24H21ClN2O4/c1-14-12-18-20(23(28)27(14)13-15-6-4-3-5-7-15)19(16-8-10-17(25)11-9-16)21(22(26)31-18)24(29)30-2/h3-12,19H,13,26H2,1-2H3. The average molecular weight is 437 g/mol. The van der Waals surface area contributed by atoms with Crippen LogP contribution < -0.4 is 16.0 Å². The first kappa shape index (κ1) is 20.8. The number of benzene rings is 2. The van der Waals surface area contributed by atoms with Gasteiger partial charge in [0.05, 0.1) is 25.1 Å². The van der Waals surface area contributed by atoms with Gasteiger partial charge >= 0.3 is 5.97 Å². The predicted octanol–water partition coefficient (Wildman–Crippen LogP) is 3.73. The van der Waals surface area contributed by atoms with Crippen LogP contribution in [0.25, 0.3) is 0 Å². The summed E-state index contributed by atoms with van der Waals surface area (Å²) in [7, 11) is 1.26. The van der Waals surface area contributed by atoms with Crippen molar-refractivity contribution < 1.29 is 14.3 Å². The second-order valence-electron chi connectivity index (χ2n) is 7.30. The summed E-state index contributed by atoms with van der Waals surface area (Å²) in [5, 5.41) is 0.540. The highest BCUT2D eigenvalue weighted by Gasteiger charge is 2.38. The van der Waals surface area contributed by atoms with Crippen LogP contribution in [0.4, 0.5) is 0 Å². The van der Waals surface area contributed by atoms with E-state index in [9.17, 15) is 9.59 Å². The van der Waals surface area contributed by atoms with Gasteiger partial charge in [0, 0.05) is 16.8 Å². The zero-order valence-corrected chi connectivity index (χ0v) is 17.8. The topological polar surface area (TPSA) is 83.5 Å². The van der Waals surface area contributed by atoms with Gasteiger partial charge in [-0.25, -0.2) is 4.79 Å². The number of pyridine rings is 1. The van der Waals surface area contributed by atoms with Crippen molar-refractivity contribution in [2.45, 2.75) is 19.4 Å². The summed E-state index contributed by atoms with van der Waals surface area (Å²) in [6, 6.07) is 18.4. The Hall–Kier alpha value is -3.51. The minimum atomic E-state index is -0.747. The number of esters is 1. The fourth-order valence-corrected chi connectivity index (χ4v) is 3.97. The van der Waals surface area contributed by atoms with Crippen LogP contribution in [0.3, 0.4) is 0 Å². The molecule has 0 radical (unpaired) electrons. The molecule has 0 aliphatic carbocycles. The van der Waals surface area contributed by atoms with Gasteiger partial charge in [-0.05, 0) is 30.2 Å². The molecule has 0 fully saturated rings. The van der Waals surface area contributed by atoms with Crippen LogP contribution in [0.5, 0.6) is 5.75 Å². The molecule has 158 valence electrons. The van der Waals surface area contributed by atoms with Gasteiger partial charge in [-0.2, -0.15) is 0 Å². The van der Waals surface area contributed by atoms with Crippen LogP contribution in [-0.2, 0) is 16.1 Å². The molecule has 3 aromatic rings. The number of hydrogen-bond donors (Lipinski definition) is 1. The van der Waals surface area contributed by atoms with Gasteiger partial charge in [-0.3, -0.25) is 4.79 Å². The van der Waals surface area contributed by atoms with Crippen molar-refractivity contribution in [3.05, 3.63) is 110 Å². The molecule has 0 bridgehead atoms. The number of rotatable bonds is 4. The van der Waals surface area contributed by atoms with Gasteiger partial charge < -0.3 is 19.8 Å². The third-order valence-corrected chi connectivity index (χ3v) is 5.61. The lowest BCUT2D eigenvalue weighted by atomic mass is 9.83. The van der Waals surface area contributed by atoms with Gasteiger partial charge in [-0.1, -0.05) is 54.1 Å². The summed E-state index contributed by atoms with van der Waals surface area (Å²) in [5.41, 5.74) is 8.66. The smallest absolute Gasteiger partial charge is 0.340 e. The Morgan fingerprint density at radius 2 is 1.84 bits per heavy atom. The highest BCUT2D eigenvalue weighted by molar-refractivity contribution is 6.30. The van der Waals surface area contributed by atoms with E-state index in [1.165, 1.54) is 7.11 Å². The number of methoxy groups -OCH3 is 1. The number of aryl methyl sites for hydroxylation is 1. The Morgan fingerprint density at radius 3 is 2.48 bits per heavy atom. The van der Waals surface area contributed by atoms with Gasteiger partial charge in [0.1, 0.15) is 11.3 Å².